The summed E-state index contributed by atoms with van der Waals surface area (Å²) in [5.74, 6) is -0.918. The van der Waals surface area contributed by atoms with E-state index in [9.17, 15) is 4.79 Å². The monoisotopic (exact) mass is 161 g/mol. The Bertz CT molecular complexity index is 140. The number of hydrogen-bond acceptors (Lipinski definition) is 2. The van der Waals surface area contributed by atoms with E-state index >= 15 is 0 Å². The van der Waals surface area contributed by atoms with Crippen molar-refractivity contribution in [2.45, 2.75) is 12.5 Å². The smallest absolute Gasteiger partial charge is 0.320 e. The highest BCUT2D eigenvalue weighted by molar-refractivity contribution is 5.72. The van der Waals surface area contributed by atoms with Crippen LogP contribution in [0.15, 0.2) is 0 Å². The number of nitrogens with zero attached hydrogens (tertiary/aromatic N) is 1. The van der Waals surface area contributed by atoms with E-state index in [4.69, 9.17) is 10.8 Å². The van der Waals surface area contributed by atoms with Crippen molar-refractivity contribution in [2.24, 2.45) is 5.73 Å². The molecule has 3 N–H and O–H groups in total. The van der Waals surface area contributed by atoms with Gasteiger partial charge in [0, 0.05) is 6.42 Å². The van der Waals surface area contributed by atoms with E-state index in [1.807, 2.05) is 21.1 Å². The molecule has 0 saturated heterocycles. The minimum Gasteiger partial charge on any atom is -0.480 e. The standard InChI is InChI=1S/C7H16N2O2/c1-9(2,3)5-4-6(8)7(10)11/h6H,4-5,8H2,1-3H3/p+1/t6-/m0/s1. The third-order valence-electron chi connectivity index (χ3n) is 1.43. The van der Waals surface area contributed by atoms with Crippen molar-refractivity contribution in [3.05, 3.63) is 0 Å². The molecule has 0 aliphatic rings. The lowest BCUT2D eigenvalue weighted by Crippen LogP contribution is -2.41. The topological polar surface area (TPSA) is 63.3 Å². The fourth-order valence-electron chi connectivity index (χ4n) is 0.650. The molecule has 11 heavy (non-hydrogen) atoms. The quantitative estimate of drug-likeness (QED) is 0.546. The highest BCUT2D eigenvalue weighted by Gasteiger charge is 2.15. The van der Waals surface area contributed by atoms with Crippen LogP contribution in [0.4, 0.5) is 0 Å². The zero-order valence-electron chi connectivity index (χ0n) is 7.37. The molecule has 0 radical (unpaired) electrons. The lowest BCUT2D eigenvalue weighted by Gasteiger charge is -2.24. The van der Waals surface area contributed by atoms with Crippen LogP contribution in [0.2, 0.25) is 0 Å². The Kier molecular flexibility index (Phi) is 3.48. The molecule has 0 aliphatic carbocycles. The van der Waals surface area contributed by atoms with Gasteiger partial charge in [-0.05, 0) is 0 Å². The van der Waals surface area contributed by atoms with Gasteiger partial charge >= 0.3 is 5.97 Å². The normalized spacial score (nSPS) is 14.5. The summed E-state index contributed by atoms with van der Waals surface area (Å²) in [5.41, 5.74) is 5.31. The number of hydrogen-bond donors (Lipinski definition) is 2. The predicted molar refractivity (Wildman–Crippen MR) is 43.1 cm³/mol. The number of carboxylic acids is 1. The van der Waals surface area contributed by atoms with Crippen LogP contribution in [0.3, 0.4) is 0 Å². The molecular weight excluding hydrogens is 144 g/mol. The first-order chi connectivity index (χ1) is 4.83. The number of aliphatic carboxylic acids is 1. The predicted octanol–water partition coefficient (Wildman–Crippen LogP) is -0.505. The van der Waals surface area contributed by atoms with Gasteiger partial charge in [0.1, 0.15) is 6.04 Å². The van der Waals surface area contributed by atoms with Crippen molar-refractivity contribution in [1.82, 2.24) is 0 Å². The van der Waals surface area contributed by atoms with Crippen molar-refractivity contribution in [3.8, 4) is 0 Å². The summed E-state index contributed by atoms with van der Waals surface area (Å²) in [4.78, 5) is 10.3. The van der Waals surface area contributed by atoms with E-state index < -0.39 is 12.0 Å². The maximum absolute atomic E-state index is 10.3. The molecule has 0 aliphatic heterocycles. The Morgan fingerprint density at radius 3 is 2.27 bits per heavy atom. The van der Waals surface area contributed by atoms with Gasteiger partial charge in [-0.1, -0.05) is 0 Å². The first kappa shape index (κ1) is 10.4. The van der Waals surface area contributed by atoms with E-state index in [0.29, 0.717) is 6.42 Å². The molecule has 0 bridgehead atoms. The zero-order valence-corrected chi connectivity index (χ0v) is 7.37. The molecule has 0 rings (SSSR count). The van der Waals surface area contributed by atoms with E-state index in [-0.39, 0.29) is 0 Å². The fourth-order valence-corrected chi connectivity index (χ4v) is 0.650. The Morgan fingerprint density at radius 1 is 1.55 bits per heavy atom. The van der Waals surface area contributed by atoms with Gasteiger partial charge < -0.3 is 15.3 Å². The van der Waals surface area contributed by atoms with Crippen molar-refractivity contribution < 1.29 is 14.4 Å². The highest BCUT2D eigenvalue weighted by atomic mass is 16.4. The van der Waals surface area contributed by atoms with Gasteiger partial charge in [-0.2, -0.15) is 0 Å². The second-order valence-corrected chi connectivity index (χ2v) is 3.75. The highest BCUT2D eigenvalue weighted by Crippen LogP contribution is 1.96. The summed E-state index contributed by atoms with van der Waals surface area (Å²) in [6.07, 6.45) is 0.527. The van der Waals surface area contributed by atoms with Crippen LogP contribution in [-0.4, -0.2) is 49.3 Å². The maximum Gasteiger partial charge on any atom is 0.320 e. The summed E-state index contributed by atoms with van der Waals surface area (Å²) in [6, 6.07) is -0.715. The lowest BCUT2D eigenvalue weighted by atomic mass is 10.2. The molecule has 4 nitrogen and oxygen atoms in total. The van der Waals surface area contributed by atoms with Crippen LogP contribution >= 0.6 is 0 Å². The molecule has 66 valence electrons. The first-order valence-electron chi connectivity index (χ1n) is 3.62. The minimum absolute atomic E-state index is 0.527. The van der Waals surface area contributed by atoms with Gasteiger partial charge in [0.25, 0.3) is 0 Å². The summed E-state index contributed by atoms with van der Waals surface area (Å²) < 4.78 is 0.751. The molecule has 0 spiro atoms. The molecule has 0 aromatic heterocycles. The van der Waals surface area contributed by atoms with Crippen molar-refractivity contribution >= 4 is 5.97 Å². The van der Waals surface area contributed by atoms with Gasteiger partial charge in [-0.25, -0.2) is 0 Å². The lowest BCUT2D eigenvalue weighted by molar-refractivity contribution is -0.870. The summed E-state index contributed by atoms with van der Waals surface area (Å²) >= 11 is 0. The summed E-state index contributed by atoms with van der Waals surface area (Å²) in [7, 11) is 6.03. The van der Waals surface area contributed by atoms with Crippen molar-refractivity contribution in [2.75, 3.05) is 27.7 Å². The average Bonchev–Trinajstić information content (AvgIpc) is 1.80. The number of rotatable bonds is 4. The number of nitrogens with two attached hydrogens (primary N) is 1. The molecule has 4 heteroatoms. The van der Waals surface area contributed by atoms with Gasteiger partial charge in [0.15, 0.2) is 0 Å². The molecule has 0 saturated carbocycles. The molecule has 1 atom stereocenters. The third kappa shape index (κ3) is 5.82. The molecule has 0 unspecified atom stereocenters. The van der Waals surface area contributed by atoms with Gasteiger partial charge in [0.05, 0.1) is 27.7 Å². The maximum atomic E-state index is 10.3. The van der Waals surface area contributed by atoms with Crippen LogP contribution in [-0.2, 0) is 4.79 Å². The van der Waals surface area contributed by atoms with Crippen LogP contribution < -0.4 is 5.73 Å². The largest absolute Gasteiger partial charge is 0.480 e. The summed E-state index contributed by atoms with van der Waals surface area (Å²) in [5, 5.41) is 8.45. The Morgan fingerprint density at radius 2 is 2.00 bits per heavy atom. The molecule has 0 aromatic carbocycles. The molecule has 0 heterocycles. The minimum atomic E-state index is -0.918. The number of quaternary nitrogens is 1. The van der Waals surface area contributed by atoms with E-state index in [1.165, 1.54) is 0 Å². The Balaban J connectivity index is 3.63. The molecule has 0 amide bonds. The van der Waals surface area contributed by atoms with Gasteiger partial charge in [0.2, 0.25) is 0 Å². The van der Waals surface area contributed by atoms with Gasteiger partial charge in [-0.3, -0.25) is 4.79 Å². The SMILES string of the molecule is C[N+](C)(C)CC[C@H](N)C(=O)O. The number of carbonyl (C=O) groups is 1. The zero-order chi connectivity index (χ0) is 9.07. The van der Waals surface area contributed by atoms with E-state index in [2.05, 4.69) is 0 Å². The second kappa shape index (κ2) is 3.69. The Hall–Kier alpha value is -0.610. The molecule has 0 fully saturated rings. The fraction of sp³-hybridized carbons (Fsp3) is 0.857. The second-order valence-electron chi connectivity index (χ2n) is 3.75. The van der Waals surface area contributed by atoms with Crippen molar-refractivity contribution in [1.29, 1.82) is 0 Å². The molecule has 0 aromatic rings. The van der Waals surface area contributed by atoms with E-state index in [0.717, 1.165) is 11.0 Å². The van der Waals surface area contributed by atoms with Crippen LogP contribution in [0, 0.1) is 0 Å². The number of carboxylic acid groups (broad SMARTS) is 1. The summed E-state index contributed by atoms with van der Waals surface area (Å²) in [6.45, 7) is 0.785. The van der Waals surface area contributed by atoms with Gasteiger partial charge in [-0.15, -0.1) is 0 Å². The Labute approximate surface area is 67.2 Å². The van der Waals surface area contributed by atoms with Crippen LogP contribution in [0.25, 0.3) is 0 Å². The molecular formula is C7H17N2O2+. The van der Waals surface area contributed by atoms with E-state index in [1.54, 1.807) is 0 Å². The first-order valence-corrected chi connectivity index (χ1v) is 3.62. The average molecular weight is 161 g/mol. The van der Waals surface area contributed by atoms with Crippen LogP contribution in [0.5, 0.6) is 0 Å². The van der Waals surface area contributed by atoms with Crippen LogP contribution in [0.1, 0.15) is 6.42 Å². The van der Waals surface area contributed by atoms with Crippen molar-refractivity contribution in [3.63, 3.8) is 0 Å². The third-order valence-corrected chi connectivity index (χ3v) is 1.43.